The first-order chi connectivity index (χ1) is 10.9. The third-order valence-corrected chi connectivity index (χ3v) is 4.40. The molecule has 0 radical (unpaired) electrons. The van der Waals surface area contributed by atoms with Crippen LogP contribution in [0.1, 0.15) is 5.82 Å². The van der Waals surface area contributed by atoms with Crippen LogP contribution in [-0.2, 0) is 9.16 Å². The molecule has 1 saturated heterocycles. The highest BCUT2D eigenvalue weighted by molar-refractivity contribution is 14.1. The van der Waals surface area contributed by atoms with Crippen LogP contribution in [-0.4, -0.2) is 51.0 Å². The lowest BCUT2D eigenvalue weighted by molar-refractivity contribution is 0.122. The molecule has 0 aliphatic carbocycles. The summed E-state index contributed by atoms with van der Waals surface area (Å²) in [4.78, 5) is 11.5. The van der Waals surface area contributed by atoms with Gasteiger partial charge >= 0.3 is 0 Å². The number of imidazole rings is 1. The Bertz CT molecular complexity index is 792. The fourth-order valence-corrected chi connectivity index (χ4v) is 3.16. The van der Waals surface area contributed by atoms with Gasteiger partial charge in [0.2, 0.25) is 11.9 Å². The van der Waals surface area contributed by atoms with Crippen molar-refractivity contribution in [3.8, 4) is 5.95 Å². The van der Waals surface area contributed by atoms with E-state index in [1.807, 2.05) is 22.8 Å². The zero-order valence-corrected chi connectivity index (χ0v) is 14.0. The van der Waals surface area contributed by atoms with Crippen molar-refractivity contribution in [2.45, 2.75) is 4.43 Å². The zero-order chi connectivity index (χ0) is 14.9. The molecule has 114 valence electrons. The summed E-state index contributed by atoms with van der Waals surface area (Å²) in [6, 6.07) is 8.07. The molecule has 7 nitrogen and oxygen atoms in total. The van der Waals surface area contributed by atoms with E-state index in [0.717, 1.165) is 53.5 Å². The van der Waals surface area contributed by atoms with E-state index >= 15 is 0 Å². The van der Waals surface area contributed by atoms with Crippen molar-refractivity contribution in [1.29, 1.82) is 0 Å². The number of para-hydroxylation sites is 2. The van der Waals surface area contributed by atoms with Crippen LogP contribution in [0.5, 0.6) is 0 Å². The fourth-order valence-electron chi connectivity index (χ4n) is 2.65. The second-order valence-corrected chi connectivity index (χ2v) is 5.81. The summed E-state index contributed by atoms with van der Waals surface area (Å²) < 4.78 is 8.22. The molecule has 0 atom stereocenters. The van der Waals surface area contributed by atoms with E-state index in [-0.39, 0.29) is 0 Å². The molecule has 0 amide bonds. The highest BCUT2D eigenvalue weighted by atomic mass is 127. The molecule has 0 saturated carbocycles. The third-order valence-electron chi connectivity index (χ3n) is 3.72. The van der Waals surface area contributed by atoms with Gasteiger partial charge in [0, 0.05) is 13.1 Å². The number of morpholine rings is 1. The van der Waals surface area contributed by atoms with E-state index in [1.165, 1.54) is 0 Å². The number of hydrogen-bond acceptors (Lipinski definition) is 5. The summed E-state index contributed by atoms with van der Waals surface area (Å²) in [5.74, 6) is 2.39. The molecule has 22 heavy (non-hydrogen) atoms. The molecule has 0 spiro atoms. The quantitative estimate of drug-likeness (QED) is 0.528. The molecule has 8 heteroatoms. The molecule has 1 N–H and O–H groups in total. The Morgan fingerprint density at radius 3 is 2.82 bits per heavy atom. The Balaban J connectivity index is 1.77. The van der Waals surface area contributed by atoms with Crippen molar-refractivity contribution >= 4 is 39.6 Å². The Kier molecular flexibility index (Phi) is 3.70. The van der Waals surface area contributed by atoms with E-state index in [4.69, 9.17) is 4.74 Å². The van der Waals surface area contributed by atoms with E-state index in [0.29, 0.717) is 5.95 Å². The number of aromatic amines is 1. The van der Waals surface area contributed by atoms with E-state index in [9.17, 15) is 0 Å². The molecule has 1 fully saturated rings. The summed E-state index contributed by atoms with van der Waals surface area (Å²) >= 11 is 2.32. The number of nitrogens with one attached hydrogen (secondary N) is 1. The number of alkyl halides is 1. The van der Waals surface area contributed by atoms with Crippen molar-refractivity contribution in [3.05, 3.63) is 30.1 Å². The highest BCUT2D eigenvalue weighted by Gasteiger charge is 2.18. The molecule has 2 aromatic heterocycles. The molecule has 3 heterocycles. The van der Waals surface area contributed by atoms with Crippen LogP contribution in [0, 0.1) is 0 Å². The molecule has 1 aromatic carbocycles. The standard InChI is InChI=1S/C14H15IN6O/c15-9-12-16-10-3-1-2-4-11(10)21(12)14-17-13(18-19-14)20-5-7-22-8-6-20/h1-4H,5-9H2,(H,17,18,19). The van der Waals surface area contributed by atoms with Crippen molar-refractivity contribution in [3.63, 3.8) is 0 Å². The average molecular weight is 410 g/mol. The van der Waals surface area contributed by atoms with Gasteiger partial charge in [-0.25, -0.2) is 10.1 Å². The van der Waals surface area contributed by atoms with Crippen LogP contribution in [0.2, 0.25) is 0 Å². The monoisotopic (exact) mass is 410 g/mol. The van der Waals surface area contributed by atoms with Gasteiger partial charge in [0.1, 0.15) is 5.82 Å². The van der Waals surface area contributed by atoms with E-state index < -0.39 is 0 Å². The Morgan fingerprint density at radius 1 is 1.18 bits per heavy atom. The van der Waals surface area contributed by atoms with Crippen LogP contribution in [0.25, 0.3) is 17.0 Å². The number of H-pyrrole nitrogens is 1. The zero-order valence-electron chi connectivity index (χ0n) is 11.9. The minimum Gasteiger partial charge on any atom is -0.378 e. The topological polar surface area (TPSA) is 71.9 Å². The van der Waals surface area contributed by atoms with Gasteiger partial charge in [0.15, 0.2) is 0 Å². The Morgan fingerprint density at radius 2 is 2.00 bits per heavy atom. The second kappa shape index (κ2) is 5.84. The maximum Gasteiger partial charge on any atom is 0.246 e. The van der Waals surface area contributed by atoms with Crippen LogP contribution in [0.3, 0.4) is 0 Å². The minimum atomic E-state index is 0.710. The van der Waals surface area contributed by atoms with Gasteiger partial charge in [-0.1, -0.05) is 34.7 Å². The lowest BCUT2D eigenvalue weighted by Crippen LogP contribution is -2.36. The Hall–Kier alpha value is -1.68. The molecule has 1 aliphatic heterocycles. The first-order valence-electron chi connectivity index (χ1n) is 7.14. The number of anilines is 1. The van der Waals surface area contributed by atoms with Crippen molar-refractivity contribution < 1.29 is 4.74 Å². The summed E-state index contributed by atoms with van der Waals surface area (Å²) in [6.45, 7) is 3.08. The predicted octanol–water partition coefficient (Wildman–Crippen LogP) is 1.92. The van der Waals surface area contributed by atoms with Gasteiger partial charge in [-0.15, -0.1) is 5.10 Å². The van der Waals surface area contributed by atoms with Crippen LogP contribution in [0.4, 0.5) is 5.95 Å². The fraction of sp³-hybridized carbons (Fsp3) is 0.357. The molecule has 3 aromatic rings. The van der Waals surface area contributed by atoms with Crippen molar-refractivity contribution in [1.82, 2.24) is 24.7 Å². The maximum atomic E-state index is 5.37. The second-order valence-electron chi connectivity index (χ2n) is 5.04. The lowest BCUT2D eigenvalue weighted by atomic mass is 10.3. The maximum absolute atomic E-state index is 5.37. The average Bonchev–Trinajstić information content (AvgIpc) is 3.19. The first-order valence-corrected chi connectivity index (χ1v) is 8.67. The molecule has 1 aliphatic rings. The number of nitrogens with zero attached hydrogens (tertiary/aromatic N) is 5. The highest BCUT2D eigenvalue weighted by Crippen LogP contribution is 2.22. The van der Waals surface area contributed by atoms with Crippen LogP contribution < -0.4 is 4.90 Å². The lowest BCUT2D eigenvalue weighted by Gasteiger charge is -2.25. The number of halogens is 1. The normalized spacial score (nSPS) is 15.6. The van der Waals surface area contributed by atoms with Gasteiger partial charge < -0.3 is 9.64 Å². The largest absolute Gasteiger partial charge is 0.378 e. The summed E-state index contributed by atoms with van der Waals surface area (Å²) in [5.41, 5.74) is 2.01. The van der Waals surface area contributed by atoms with Crippen LogP contribution in [0.15, 0.2) is 24.3 Å². The number of ether oxygens (including phenoxy) is 1. The summed E-state index contributed by atoms with van der Waals surface area (Å²) in [5, 5.41) is 7.41. The number of rotatable bonds is 3. The van der Waals surface area contributed by atoms with E-state index in [2.05, 4.69) is 53.7 Å². The SMILES string of the molecule is ICc1nc2ccccc2n1-c1nc(N2CCOCC2)n[nH]1. The number of fused-ring (bicyclic) bond motifs is 1. The molecule has 0 unspecified atom stereocenters. The van der Waals surface area contributed by atoms with Crippen molar-refractivity contribution in [2.24, 2.45) is 0 Å². The number of aromatic nitrogens is 5. The molecular formula is C14H15IN6O. The van der Waals surface area contributed by atoms with E-state index in [1.54, 1.807) is 0 Å². The van der Waals surface area contributed by atoms with Gasteiger partial charge in [0.05, 0.1) is 28.7 Å². The summed E-state index contributed by atoms with van der Waals surface area (Å²) in [6.07, 6.45) is 0. The summed E-state index contributed by atoms with van der Waals surface area (Å²) in [7, 11) is 0. The van der Waals surface area contributed by atoms with Gasteiger partial charge in [-0.2, -0.15) is 4.98 Å². The minimum absolute atomic E-state index is 0.710. The molecule has 0 bridgehead atoms. The number of hydrogen-bond donors (Lipinski definition) is 1. The smallest absolute Gasteiger partial charge is 0.246 e. The van der Waals surface area contributed by atoms with Crippen LogP contribution >= 0.6 is 22.6 Å². The van der Waals surface area contributed by atoms with Gasteiger partial charge in [-0.3, -0.25) is 4.57 Å². The van der Waals surface area contributed by atoms with Crippen molar-refractivity contribution in [2.75, 3.05) is 31.2 Å². The third kappa shape index (κ3) is 2.35. The molecule has 4 rings (SSSR count). The van der Waals surface area contributed by atoms with Gasteiger partial charge in [0.25, 0.3) is 0 Å². The van der Waals surface area contributed by atoms with Gasteiger partial charge in [-0.05, 0) is 12.1 Å². The molecular weight excluding hydrogens is 395 g/mol. The Labute approximate surface area is 140 Å². The predicted molar refractivity (Wildman–Crippen MR) is 91.8 cm³/mol. The number of benzene rings is 1. The first kappa shape index (κ1) is 13.9.